The molecule has 0 saturated carbocycles. The van der Waals surface area contributed by atoms with Crippen molar-refractivity contribution in [2.24, 2.45) is 0 Å². The highest BCUT2D eigenvalue weighted by Gasteiger charge is 2.27. The second-order valence-electron chi connectivity index (χ2n) is 6.95. The molecule has 3 rings (SSSR count). The van der Waals surface area contributed by atoms with E-state index in [0.29, 0.717) is 0 Å². The highest BCUT2D eigenvalue weighted by Crippen LogP contribution is 2.31. The van der Waals surface area contributed by atoms with Crippen LogP contribution in [0.2, 0.25) is 0 Å². The number of nitrogens with zero attached hydrogens (tertiary/aromatic N) is 2. The van der Waals surface area contributed by atoms with E-state index in [9.17, 15) is 10.0 Å². The van der Waals surface area contributed by atoms with Gasteiger partial charge in [0, 0.05) is 5.39 Å². The maximum Gasteiger partial charge on any atom is 0.341 e. The Morgan fingerprint density at radius 1 is 1.23 bits per heavy atom. The maximum absolute atomic E-state index is 12.5. The lowest BCUT2D eigenvalue weighted by atomic mass is 9.99. The molecule has 2 amide bonds. The molecule has 1 aliphatic rings. The van der Waals surface area contributed by atoms with Crippen LogP contribution in [0.1, 0.15) is 31.4 Å². The predicted molar refractivity (Wildman–Crippen MR) is 102 cm³/mol. The number of methoxy groups -OCH3 is 1. The van der Waals surface area contributed by atoms with Gasteiger partial charge in [-0.05, 0) is 56.9 Å². The first-order chi connectivity index (χ1) is 12.5. The summed E-state index contributed by atoms with van der Waals surface area (Å²) in [5.74, 6) is 0.804. The molecule has 0 spiro atoms. The van der Waals surface area contributed by atoms with E-state index >= 15 is 0 Å². The lowest BCUT2D eigenvalue weighted by molar-refractivity contribution is -0.0919. The Balaban J connectivity index is 1.74. The second kappa shape index (κ2) is 7.93. The predicted octanol–water partition coefficient (Wildman–Crippen LogP) is 3.40. The Labute approximate surface area is 154 Å². The van der Waals surface area contributed by atoms with Crippen molar-refractivity contribution in [2.45, 2.75) is 31.8 Å². The van der Waals surface area contributed by atoms with Gasteiger partial charge in [0.2, 0.25) is 0 Å². The second-order valence-corrected chi connectivity index (χ2v) is 6.95. The summed E-state index contributed by atoms with van der Waals surface area (Å²) in [6, 6.07) is 11.0. The van der Waals surface area contributed by atoms with Crippen molar-refractivity contribution < 1.29 is 14.7 Å². The molecule has 2 N–H and O–H groups in total. The normalized spacial score (nSPS) is 17.1. The molecule has 0 aliphatic carbocycles. The number of carbonyl (C=O) groups is 1. The van der Waals surface area contributed by atoms with Crippen LogP contribution in [0.15, 0.2) is 36.4 Å². The average molecular weight is 357 g/mol. The largest absolute Gasteiger partial charge is 0.496 e. The van der Waals surface area contributed by atoms with E-state index in [4.69, 9.17) is 4.74 Å². The summed E-state index contributed by atoms with van der Waals surface area (Å²) in [5.41, 5.74) is 0.992. The molecule has 1 fully saturated rings. The van der Waals surface area contributed by atoms with Gasteiger partial charge in [-0.15, -0.1) is 0 Å². The Morgan fingerprint density at radius 2 is 1.88 bits per heavy atom. The van der Waals surface area contributed by atoms with E-state index in [2.05, 4.69) is 17.3 Å². The minimum atomic E-state index is -0.452. The van der Waals surface area contributed by atoms with Gasteiger partial charge in [0.15, 0.2) is 0 Å². The number of urea groups is 1. The van der Waals surface area contributed by atoms with Crippen LogP contribution < -0.4 is 10.1 Å². The van der Waals surface area contributed by atoms with Crippen LogP contribution in [0.5, 0.6) is 5.75 Å². The molecular weight excluding hydrogens is 330 g/mol. The van der Waals surface area contributed by atoms with Crippen molar-refractivity contribution in [1.82, 2.24) is 15.3 Å². The van der Waals surface area contributed by atoms with E-state index in [1.54, 1.807) is 7.11 Å². The van der Waals surface area contributed by atoms with Gasteiger partial charge in [0.25, 0.3) is 0 Å². The van der Waals surface area contributed by atoms with Crippen molar-refractivity contribution in [3.63, 3.8) is 0 Å². The van der Waals surface area contributed by atoms with E-state index in [1.807, 2.05) is 43.3 Å². The number of benzene rings is 2. The maximum atomic E-state index is 12.5. The molecule has 1 heterocycles. The number of carbonyl (C=O) groups excluding carboxylic acids is 1. The fraction of sp³-hybridized carbons (Fsp3) is 0.450. The number of likely N-dealkylation sites (tertiary alicyclic amines) is 1. The number of hydroxylamine groups is 2. The minimum absolute atomic E-state index is 0.133. The topological polar surface area (TPSA) is 65.0 Å². The Hall–Kier alpha value is -2.31. The molecule has 1 unspecified atom stereocenters. The van der Waals surface area contributed by atoms with Gasteiger partial charge < -0.3 is 15.0 Å². The fourth-order valence-corrected chi connectivity index (χ4v) is 3.58. The molecule has 6 nitrogen and oxygen atoms in total. The number of hydrogen-bond donors (Lipinski definition) is 2. The van der Waals surface area contributed by atoms with Gasteiger partial charge in [-0.2, -0.15) is 0 Å². The standard InChI is InChI=1S/C20H27N3O3/c1-14(21-20(24)23(25)15-10-12-22(2)13-11-15)16-8-9-19(26-3)18-7-5-4-6-17(16)18/h4-9,14-15,25H,10-13H2,1-3H3,(H,21,24). The summed E-state index contributed by atoms with van der Waals surface area (Å²) in [7, 11) is 3.70. The third-order valence-electron chi connectivity index (χ3n) is 5.19. The number of ether oxygens (including phenoxy) is 1. The zero-order valence-electron chi connectivity index (χ0n) is 15.6. The van der Waals surface area contributed by atoms with E-state index in [-0.39, 0.29) is 12.1 Å². The van der Waals surface area contributed by atoms with Gasteiger partial charge in [-0.1, -0.05) is 30.3 Å². The van der Waals surface area contributed by atoms with Crippen LogP contribution >= 0.6 is 0 Å². The van der Waals surface area contributed by atoms with Crippen molar-refractivity contribution in [3.8, 4) is 5.75 Å². The van der Waals surface area contributed by atoms with E-state index in [1.165, 1.54) is 0 Å². The van der Waals surface area contributed by atoms with Gasteiger partial charge in [-0.3, -0.25) is 5.21 Å². The lowest BCUT2D eigenvalue weighted by Gasteiger charge is -2.34. The molecular formula is C20H27N3O3. The number of piperidine rings is 1. The molecule has 1 saturated heterocycles. The Morgan fingerprint density at radius 3 is 2.54 bits per heavy atom. The number of fused-ring (bicyclic) bond motifs is 1. The quantitative estimate of drug-likeness (QED) is 0.650. The smallest absolute Gasteiger partial charge is 0.341 e. The molecule has 2 aromatic carbocycles. The molecule has 0 radical (unpaired) electrons. The van der Waals surface area contributed by atoms with Crippen molar-refractivity contribution in [3.05, 3.63) is 42.0 Å². The van der Waals surface area contributed by atoms with Gasteiger partial charge in [-0.25, -0.2) is 9.86 Å². The van der Waals surface area contributed by atoms with Gasteiger partial charge in [0.1, 0.15) is 5.75 Å². The number of hydrogen-bond acceptors (Lipinski definition) is 4. The van der Waals surface area contributed by atoms with Gasteiger partial charge in [0.05, 0.1) is 19.2 Å². The molecule has 26 heavy (non-hydrogen) atoms. The average Bonchev–Trinajstić information content (AvgIpc) is 2.67. The van der Waals surface area contributed by atoms with E-state index < -0.39 is 6.03 Å². The van der Waals surface area contributed by atoms with Crippen molar-refractivity contribution in [2.75, 3.05) is 27.2 Å². The molecule has 140 valence electrons. The van der Waals surface area contributed by atoms with Crippen LogP contribution in [0.3, 0.4) is 0 Å². The van der Waals surface area contributed by atoms with Crippen LogP contribution in [0, 0.1) is 0 Å². The first kappa shape index (κ1) is 18.5. The molecule has 0 aromatic heterocycles. The molecule has 1 atom stereocenters. The summed E-state index contributed by atoms with van der Waals surface area (Å²) in [5, 5.41) is 16.1. The van der Waals surface area contributed by atoms with Crippen LogP contribution in [0.25, 0.3) is 10.8 Å². The SMILES string of the molecule is COc1ccc(C(C)NC(=O)N(O)C2CCN(C)CC2)c2ccccc12. The van der Waals surface area contributed by atoms with Crippen LogP contribution in [0.4, 0.5) is 4.79 Å². The fourth-order valence-electron chi connectivity index (χ4n) is 3.58. The van der Waals surface area contributed by atoms with Crippen molar-refractivity contribution >= 4 is 16.8 Å². The monoisotopic (exact) mass is 357 g/mol. The third-order valence-corrected chi connectivity index (χ3v) is 5.19. The minimum Gasteiger partial charge on any atom is -0.496 e. The third kappa shape index (κ3) is 3.76. The summed E-state index contributed by atoms with van der Waals surface area (Å²) in [6.45, 7) is 3.69. The zero-order chi connectivity index (χ0) is 18.7. The van der Waals surface area contributed by atoms with Gasteiger partial charge >= 0.3 is 6.03 Å². The number of rotatable bonds is 4. The molecule has 6 heteroatoms. The summed E-state index contributed by atoms with van der Waals surface area (Å²) in [6.07, 6.45) is 1.56. The number of amides is 2. The first-order valence-corrected chi connectivity index (χ1v) is 9.04. The van der Waals surface area contributed by atoms with Crippen LogP contribution in [-0.2, 0) is 0 Å². The first-order valence-electron chi connectivity index (χ1n) is 9.04. The summed E-state index contributed by atoms with van der Waals surface area (Å²) in [4.78, 5) is 14.7. The molecule has 0 bridgehead atoms. The van der Waals surface area contributed by atoms with E-state index in [0.717, 1.165) is 53.1 Å². The summed E-state index contributed by atoms with van der Waals surface area (Å²) < 4.78 is 5.43. The zero-order valence-corrected chi connectivity index (χ0v) is 15.6. The van der Waals surface area contributed by atoms with Crippen molar-refractivity contribution in [1.29, 1.82) is 0 Å². The number of nitrogens with one attached hydrogen (secondary N) is 1. The molecule has 1 aliphatic heterocycles. The lowest BCUT2D eigenvalue weighted by Crippen LogP contribution is -2.48. The van der Waals surface area contributed by atoms with Crippen LogP contribution in [-0.4, -0.2) is 54.5 Å². The Bertz CT molecular complexity index is 772. The Kier molecular flexibility index (Phi) is 5.64. The highest BCUT2D eigenvalue weighted by molar-refractivity contribution is 5.91. The highest BCUT2D eigenvalue weighted by atomic mass is 16.5. The molecule has 2 aromatic rings. The summed E-state index contributed by atoms with van der Waals surface area (Å²) >= 11 is 0.